The molecule has 5 heteroatoms. The molecule has 0 spiro atoms. The summed E-state index contributed by atoms with van der Waals surface area (Å²) in [6.07, 6.45) is 6.95. The van der Waals surface area contributed by atoms with Crippen LogP contribution in [0, 0.1) is 12.1 Å². The molecule has 1 fully saturated rings. The molecule has 1 aromatic heterocycles. The Kier molecular flexibility index (Phi) is 6.05. The maximum absolute atomic E-state index is 6.19. The zero-order valence-electron chi connectivity index (χ0n) is 19.1. The lowest BCUT2D eigenvalue weighted by Crippen LogP contribution is -2.21. The normalized spacial score (nSPS) is 15.6. The SMILES string of the molecule is COc1cc2c3c(c(N(C)c4cc#ccc4)nc2cc1OCCCN1CCCC1)CCC3. The van der Waals surface area contributed by atoms with Crippen molar-refractivity contribution in [2.45, 2.75) is 38.5 Å². The van der Waals surface area contributed by atoms with Crippen LogP contribution < -0.4 is 14.4 Å². The highest BCUT2D eigenvalue weighted by molar-refractivity contribution is 5.90. The van der Waals surface area contributed by atoms with Crippen molar-refractivity contribution >= 4 is 22.4 Å². The van der Waals surface area contributed by atoms with E-state index < -0.39 is 0 Å². The lowest BCUT2D eigenvalue weighted by molar-refractivity contribution is 0.254. The molecule has 1 aliphatic heterocycles. The second-order valence-electron chi connectivity index (χ2n) is 8.77. The van der Waals surface area contributed by atoms with E-state index >= 15 is 0 Å². The average Bonchev–Trinajstić information content (AvgIpc) is 3.53. The van der Waals surface area contributed by atoms with Crippen molar-refractivity contribution in [1.29, 1.82) is 0 Å². The van der Waals surface area contributed by atoms with Gasteiger partial charge < -0.3 is 19.3 Å². The highest BCUT2D eigenvalue weighted by atomic mass is 16.5. The Hall–Kier alpha value is -2.97. The minimum absolute atomic E-state index is 0.687. The number of ether oxygens (including phenoxy) is 2. The first-order valence-electron chi connectivity index (χ1n) is 11.7. The van der Waals surface area contributed by atoms with E-state index in [4.69, 9.17) is 14.5 Å². The van der Waals surface area contributed by atoms with Crippen LogP contribution in [0.2, 0.25) is 0 Å². The molecule has 2 aromatic carbocycles. The Morgan fingerprint density at radius 2 is 1.91 bits per heavy atom. The summed E-state index contributed by atoms with van der Waals surface area (Å²) >= 11 is 0. The van der Waals surface area contributed by atoms with Crippen LogP contribution in [0.1, 0.15) is 36.8 Å². The first-order chi connectivity index (χ1) is 15.7. The number of hydrogen-bond donors (Lipinski definition) is 0. The van der Waals surface area contributed by atoms with Crippen LogP contribution in [0.5, 0.6) is 11.5 Å². The number of nitrogens with zero attached hydrogens (tertiary/aromatic N) is 3. The molecule has 0 atom stereocenters. The molecular formula is C27H31N3O2. The summed E-state index contributed by atoms with van der Waals surface area (Å²) in [5, 5.41) is 1.18. The van der Waals surface area contributed by atoms with Crippen LogP contribution >= 0.6 is 0 Å². The fourth-order valence-electron chi connectivity index (χ4n) is 5.05. The van der Waals surface area contributed by atoms with E-state index in [1.807, 2.05) is 18.2 Å². The molecule has 0 unspecified atom stereocenters. The van der Waals surface area contributed by atoms with Crippen LogP contribution in [0.3, 0.4) is 0 Å². The van der Waals surface area contributed by atoms with Gasteiger partial charge in [0.25, 0.3) is 0 Å². The molecular weight excluding hydrogens is 398 g/mol. The van der Waals surface area contributed by atoms with Crippen molar-refractivity contribution in [3.63, 3.8) is 0 Å². The van der Waals surface area contributed by atoms with E-state index in [1.165, 1.54) is 42.4 Å². The van der Waals surface area contributed by atoms with Gasteiger partial charge in [0.05, 0.1) is 24.9 Å². The van der Waals surface area contributed by atoms with Gasteiger partial charge in [-0.2, -0.15) is 0 Å². The van der Waals surface area contributed by atoms with E-state index in [1.54, 1.807) is 7.11 Å². The monoisotopic (exact) mass is 429 g/mol. The smallest absolute Gasteiger partial charge is 0.163 e. The third kappa shape index (κ3) is 4.08. The number of pyridine rings is 1. The summed E-state index contributed by atoms with van der Waals surface area (Å²) in [7, 11) is 3.80. The van der Waals surface area contributed by atoms with Crippen LogP contribution in [0.15, 0.2) is 30.3 Å². The molecule has 0 radical (unpaired) electrons. The van der Waals surface area contributed by atoms with Crippen molar-refractivity contribution < 1.29 is 9.47 Å². The van der Waals surface area contributed by atoms with E-state index in [2.05, 4.69) is 41.1 Å². The molecule has 0 bridgehead atoms. The first kappa shape index (κ1) is 20.9. The number of fused-ring (bicyclic) bond motifs is 3. The standard InChI is InChI=1S/C27H31N3O2/c1-29(20-10-4-3-5-11-20)27-22-13-8-12-21(22)23-18-25(31-2)26(19-24(23)28-27)32-17-9-16-30-14-6-7-15-30/h4,10-11,18-19H,6-9,12-17H2,1-2H3. The molecule has 1 saturated heterocycles. The predicted octanol–water partition coefficient (Wildman–Crippen LogP) is 4.97. The highest BCUT2D eigenvalue weighted by Gasteiger charge is 2.24. The number of likely N-dealkylation sites (tertiary alicyclic amines) is 1. The van der Waals surface area contributed by atoms with Gasteiger partial charge in [0.15, 0.2) is 11.5 Å². The van der Waals surface area contributed by atoms with E-state index in [9.17, 15) is 0 Å². The maximum Gasteiger partial charge on any atom is 0.163 e. The Morgan fingerprint density at radius 3 is 2.69 bits per heavy atom. The van der Waals surface area contributed by atoms with Gasteiger partial charge in [-0.25, -0.2) is 4.98 Å². The van der Waals surface area contributed by atoms with E-state index in [0.717, 1.165) is 60.7 Å². The van der Waals surface area contributed by atoms with Crippen LogP contribution in [0.4, 0.5) is 11.5 Å². The molecule has 5 rings (SSSR count). The van der Waals surface area contributed by atoms with Gasteiger partial charge in [0.2, 0.25) is 0 Å². The number of aryl methyl sites for hydroxylation is 1. The number of rotatable bonds is 8. The topological polar surface area (TPSA) is 37.8 Å². The third-order valence-electron chi connectivity index (χ3n) is 6.74. The minimum atomic E-state index is 0.687. The molecule has 2 heterocycles. The summed E-state index contributed by atoms with van der Waals surface area (Å²) in [4.78, 5) is 9.79. The number of anilines is 2. The Bertz CT molecular complexity index is 1080. The van der Waals surface area contributed by atoms with Gasteiger partial charge in [-0.15, -0.1) is 0 Å². The lowest BCUT2D eigenvalue weighted by atomic mass is 10.0. The number of benzene rings is 1. The first-order valence-corrected chi connectivity index (χ1v) is 11.7. The van der Waals surface area contributed by atoms with E-state index in [0.29, 0.717) is 6.61 Å². The van der Waals surface area contributed by atoms with Crippen LogP contribution in [-0.4, -0.2) is 50.3 Å². The Morgan fingerprint density at radius 1 is 1.06 bits per heavy atom. The van der Waals surface area contributed by atoms with Crippen molar-refractivity contribution in [2.75, 3.05) is 45.3 Å². The number of aromatic nitrogens is 1. The average molecular weight is 430 g/mol. The third-order valence-corrected chi connectivity index (χ3v) is 6.74. The fraction of sp³-hybridized carbons (Fsp3) is 0.444. The molecule has 0 N–H and O–H groups in total. The Labute approximate surface area is 191 Å². The molecule has 5 nitrogen and oxygen atoms in total. The van der Waals surface area contributed by atoms with E-state index in [-0.39, 0.29) is 0 Å². The van der Waals surface area contributed by atoms with Crippen molar-refractivity contribution in [3.8, 4) is 11.5 Å². The summed E-state index contributed by atoms with van der Waals surface area (Å²) in [6.45, 7) is 4.23. The van der Waals surface area contributed by atoms with Crippen molar-refractivity contribution in [3.05, 3.63) is 53.6 Å². The molecule has 32 heavy (non-hydrogen) atoms. The predicted molar refractivity (Wildman–Crippen MR) is 128 cm³/mol. The highest BCUT2D eigenvalue weighted by Crippen LogP contribution is 2.41. The second kappa shape index (κ2) is 9.26. The Balaban J connectivity index is 1.45. The molecule has 166 valence electrons. The summed E-state index contributed by atoms with van der Waals surface area (Å²) in [5.41, 5.74) is 4.77. The minimum Gasteiger partial charge on any atom is -0.493 e. The van der Waals surface area contributed by atoms with Crippen molar-refractivity contribution in [1.82, 2.24) is 9.88 Å². The summed E-state index contributed by atoms with van der Waals surface area (Å²) < 4.78 is 11.9. The quantitative estimate of drug-likeness (QED) is 0.473. The lowest BCUT2D eigenvalue weighted by Gasteiger charge is -2.22. The van der Waals surface area contributed by atoms with Gasteiger partial charge in [-0.1, -0.05) is 12.1 Å². The summed E-state index contributed by atoms with van der Waals surface area (Å²) in [5.74, 6) is 2.60. The van der Waals surface area contributed by atoms with Crippen molar-refractivity contribution in [2.24, 2.45) is 0 Å². The van der Waals surface area contributed by atoms with Gasteiger partial charge in [0, 0.05) is 31.1 Å². The van der Waals surface area contributed by atoms with Crippen LogP contribution in [0.25, 0.3) is 10.9 Å². The zero-order valence-corrected chi connectivity index (χ0v) is 19.1. The molecule has 0 saturated carbocycles. The summed E-state index contributed by atoms with van der Waals surface area (Å²) in [6, 6.07) is 16.1. The molecule has 1 aliphatic carbocycles. The molecule has 2 aliphatic rings. The second-order valence-corrected chi connectivity index (χ2v) is 8.77. The maximum atomic E-state index is 6.19. The largest absolute Gasteiger partial charge is 0.493 e. The molecule has 3 aromatic rings. The number of hydrogen-bond acceptors (Lipinski definition) is 5. The van der Waals surface area contributed by atoms with Gasteiger partial charge >= 0.3 is 0 Å². The zero-order chi connectivity index (χ0) is 21.9. The number of methoxy groups -OCH3 is 1. The van der Waals surface area contributed by atoms with Gasteiger partial charge in [-0.05, 0) is 80.9 Å². The van der Waals surface area contributed by atoms with Crippen LogP contribution in [-0.2, 0) is 12.8 Å². The van der Waals surface area contributed by atoms with Gasteiger partial charge in [-0.3, -0.25) is 0 Å². The van der Waals surface area contributed by atoms with Gasteiger partial charge in [0.1, 0.15) is 5.82 Å². The molecule has 0 amide bonds. The fourth-order valence-corrected chi connectivity index (χ4v) is 5.05.